The predicted octanol–water partition coefficient (Wildman–Crippen LogP) is 2.38. The van der Waals surface area contributed by atoms with Crippen molar-refractivity contribution in [2.75, 3.05) is 19.7 Å². The van der Waals surface area contributed by atoms with E-state index in [4.69, 9.17) is 5.11 Å². The van der Waals surface area contributed by atoms with Crippen LogP contribution < -0.4 is 0 Å². The number of nitrogens with zero attached hydrogens (tertiary/aromatic N) is 1. The smallest absolute Gasteiger partial charge is 0.216 e. The molecule has 0 aliphatic carbocycles. The van der Waals surface area contributed by atoms with E-state index in [1.807, 2.05) is 0 Å². The van der Waals surface area contributed by atoms with Crippen molar-refractivity contribution < 1.29 is 13.5 Å². The molecule has 0 unspecified atom stereocenters. The molecule has 18 heavy (non-hydrogen) atoms. The molecule has 0 aromatic carbocycles. The Morgan fingerprint density at radius 1 is 1.00 bits per heavy atom. The number of aliphatic hydroxyl groups excluding tert-OH is 1. The molecule has 5 heteroatoms. The maximum atomic E-state index is 12.1. The first kappa shape index (κ1) is 17.9. The van der Waals surface area contributed by atoms with E-state index >= 15 is 0 Å². The molecule has 0 aliphatic rings. The molecule has 0 fully saturated rings. The molecule has 1 N–H and O–H groups in total. The first-order valence-corrected chi connectivity index (χ1v) is 8.57. The van der Waals surface area contributed by atoms with Crippen LogP contribution in [0.15, 0.2) is 0 Å². The van der Waals surface area contributed by atoms with Crippen LogP contribution in [0.2, 0.25) is 0 Å². The summed E-state index contributed by atoms with van der Waals surface area (Å²) >= 11 is 0. The van der Waals surface area contributed by atoms with Crippen LogP contribution in [0.4, 0.5) is 0 Å². The lowest BCUT2D eigenvalue weighted by Gasteiger charge is -2.24. The van der Waals surface area contributed by atoms with Gasteiger partial charge in [-0.05, 0) is 26.7 Å². The van der Waals surface area contributed by atoms with E-state index in [9.17, 15) is 8.42 Å². The normalized spacial score (nSPS) is 12.6. The van der Waals surface area contributed by atoms with Crippen molar-refractivity contribution in [3.63, 3.8) is 0 Å². The molecular weight excluding hydrogens is 250 g/mol. The highest BCUT2D eigenvalue weighted by Crippen LogP contribution is 2.12. The highest BCUT2D eigenvalue weighted by molar-refractivity contribution is 7.89. The van der Waals surface area contributed by atoms with Crippen LogP contribution in [0.3, 0.4) is 0 Å². The fourth-order valence-electron chi connectivity index (χ4n) is 1.80. The molecule has 0 aromatic rings. The molecule has 0 bridgehead atoms. The highest BCUT2D eigenvalue weighted by Gasteiger charge is 2.24. The van der Waals surface area contributed by atoms with Gasteiger partial charge in [0.05, 0.1) is 5.25 Å². The van der Waals surface area contributed by atoms with Crippen LogP contribution in [0.1, 0.15) is 59.3 Å². The van der Waals surface area contributed by atoms with Crippen LogP contribution >= 0.6 is 0 Å². The van der Waals surface area contributed by atoms with E-state index in [2.05, 4.69) is 6.92 Å². The number of hydrogen-bond acceptors (Lipinski definition) is 3. The van der Waals surface area contributed by atoms with Gasteiger partial charge in [-0.2, -0.15) is 0 Å². The minimum Gasteiger partial charge on any atom is -0.396 e. The maximum absolute atomic E-state index is 12.1. The van der Waals surface area contributed by atoms with Crippen LogP contribution in [0.25, 0.3) is 0 Å². The second-order valence-corrected chi connectivity index (χ2v) is 7.47. The van der Waals surface area contributed by atoms with E-state index in [0.29, 0.717) is 19.5 Å². The molecule has 0 heterocycles. The van der Waals surface area contributed by atoms with Gasteiger partial charge in [-0.1, -0.05) is 32.6 Å². The van der Waals surface area contributed by atoms with Crippen LogP contribution in [-0.2, 0) is 10.0 Å². The van der Waals surface area contributed by atoms with E-state index in [-0.39, 0.29) is 11.9 Å². The van der Waals surface area contributed by atoms with E-state index in [1.165, 1.54) is 19.3 Å². The van der Waals surface area contributed by atoms with Gasteiger partial charge in [-0.25, -0.2) is 12.7 Å². The molecule has 0 radical (unpaired) electrons. The lowest BCUT2D eigenvalue weighted by atomic mass is 10.1. The molecule has 4 nitrogen and oxygen atoms in total. The van der Waals surface area contributed by atoms with Crippen LogP contribution in [0.5, 0.6) is 0 Å². The standard InChI is InChI=1S/C13H29NO3S/c1-4-5-6-7-8-10-14(11-9-12-15)18(16,17)13(2)3/h13,15H,4-12H2,1-3H3. The van der Waals surface area contributed by atoms with Crippen molar-refractivity contribution in [1.82, 2.24) is 4.31 Å². The topological polar surface area (TPSA) is 57.6 Å². The summed E-state index contributed by atoms with van der Waals surface area (Å²) in [6.07, 6.45) is 6.09. The summed E-state index contributed by atoms with van der Waals surface area (Å²) in [4.78, 5) is 0. The molecule has 0 saturated heterocycles. The minimum absolute atomic E-state index is 0.0416. The Kier molecular flexibility index (Phi) is 9.68. The molecule has 0 saturated carbocycles. The lowest BCUT2D eigenvalue weighted by Crippen LogP contribution is -2.38. The van der Waals surface area contributed by atoms with E-state index < -0.39 is 10.0 Å². The Bertz CT molecular complexity index is 289. The number of hydrogen-bond donors (Lipinski definition) is 1. The molecule has 0 aliphatic heterocycles. The monoisotopic (exact) mass is 279 g/mol. The summed E-state index contributed by atoms with van der Waals surface area (Å²) in [6.45, 7) is 6.64. The van der Waals surface area contributed by atoms with Gasteiger partial charge in [-0.15, -0.1) is 0 Å². The summed E-state index contributed by atoms with van der Waals surface area (Å²) in [5, 5.41) is 8.46. The number of unbranched alkanes of at least 4 members (excludes halogenated alkanes) is 4. The van der Waals surface area contributed by atoms with Crippen molar-refractivity contribution in [3.05, 3.63) is 0 Å². The summed E-state index contributed by atoms with van der Waals surface area (Å²) < 4.78 is 25.7. The van der Waals surface area contributed by atoms with Crippen LogP contribution in [-0.4, -0.2) is 42.8 Å². The third-order valence-electron chi connectivity index (χ3n) is 3.03. The molecule has 0 rings (SSSR count). The third-order valence-corrected chi connectivity index (χ3v) is 5.31. The zero-order valence-electron chi connectivity index (χ0n) is 12.1. The van der Waals surface area contributed by atoms with Gasteiger partial charge < -0.3 is 5.11 Å². The summed E-state index contributed by atoms with van der Waals surface area (Å²) in [6, 6.07) is 0. The zero-order chi connectivity index (χ0) is 14.0. The van der Waals surface area contributed by atoms with Gasteiger partial charge >= 0.3 is 0 Å². The average Bonchev–Trinajstić information content (AvgIpc) is 2.32. The van der Waals surface area contributed by atoms with Crippen molar-refractivity contribution in [2.45, 2.75) is 64.5 Å². The lowest BCUT2D eigenvalue weighted by molar-refractivity contribution is 0.267. The second kappa shape index (κ2) is 9.75. The quantitative estimate of drug-likeness (QED) is 0.591. The Morgan fingerprint density at radius 2 is 1.56 bits per heavy atom. The Morgan fingerprint density at radius 3 is 2.06 bits per heavy atom. The first-order valence-electron chi connectivity index (χ1n) is 7.06. The SMILES string of the molecule is CCCCCCCN(CCCO)S(=O)(=O)C(C)C. The fourth-order valence-corrected chi connectivity index (χ4v) is 3.17. The molecule has 0 spiro atoms. The predicted molar refractivity (Wildman–Crippen MR) is 76.1 cm³/mol. The molecular formula is C13H29NO3S. The van der Waals surface area contributed by atoms with Gasteiger partial charge in [0, 0.05) is 19.7 Å². The first-order chi connectivity index (χ1) is 8.46. The summed E-state index contributed by atoms with van der Waals surface area (Å²) in [5.41, 5.74) is 0. The van der Waals surface area contributed by atoms with Gasteiger partial charge in [0.15, 0.2) is 0 Å². The molecule has 0 amide bonds. The van der Waals surface area contributed by atoms with E-state index in [0.717, 1.165) is 12.8 Å². The third kappa shape index (κ3) is 6.71. The van der Waals surface area contributed by atoms with Crippen molar-refractivity contribution in [3.8, 4) is 0 Å². The highest BCUT2D eigenvalue weighted by atomic mass is 32.2. The second-order valence-electron chi connectivity index (χ2n) is 4.98. The Hall–Kier alpha value is -0.130. The molecule has 0 atom stereocenters. The zero-order valence-corrected chi connectivity index (χ0v) is 12.9. The Balaban J connectivity index is 4.24. The number of sulfonamides is 1. The molecule has 110 valence electrons. The van der Waals surface area contributed by atoms with Crippen molar-refractivity contribution in [1.29, 1.82) is 0 Å². The largest absolute Gasteiger partial charge is 0.396 e. The van der Waals surface area contributed by atoms with Crippen molar-refractivity contribution in [2.24, 2.45) is 0 Å². The Labute approximate surface area is 112 Å². The van der Waals surface area contributed by atoms with Gasteiger partial charge in [-0.3, -0.25) is 0 Å². The minimum atomic E-state index is -3.18. The molecule has 0 aromatic heterocycles. The van der Waals surface area contributed by atoms with Crippen molar-refractivity contribution >= 4 is 10.0 Å². The number of aliphatic hydroxyl groups is 1. The van der Waals surface area contributed by atoms with Gasteiger partial charge in [0.25, 0.3) is 0 Å². The number of rotatable bonds is 11. The fraction of sp³-hybridized carbons (Fsp3) is 1.00. The van der Waals surface area contributed by atoms with Gasteiger partial charge in [0.1, 0.15) is 0 Å². The van der Waals surface area contributed by atoms with Gasteiger partial charge in [0.2, 0.25) is 10.0 Å². The summed E-state index contributed by atoms with van der Waals surface area (Å²) in [5.74, 6) is 0. The van der Waals surface area contributed by atoms with Crippen LogP contribution in [0, 0.1) is 0 Å². The maximum Gasteiger partial charge on any atom is 0.216 e. The summed E-state index contributed by atoms with van der Waals surface area (Å²) in [7, 11) is -3.18. The average molecular weight is 279 g/mol. The van der Waals surface area contributed by atoms with E-state index in [1.54, 1.807) is 18.2 Å².